The van der Waals surface area contributed by atoms with E-state index in [0.717, 1.165) is 11.1 Å². The molecule has 2 rings (SSSR count). The van der Waals surface area contributed by atoms with Gasteiger partial charge < -0.3 is 0 Å². The molecule has 134 valence electrons. The molecule has 0 atom stereocenters. The van der Waals surface area contributed by atoms with Gasteiger partial charge in [0.1, 0.15) is 0 Å². The van der Waals surface area contributed by atoms with Crippen LogP contribution in [0.1, 0.15) is 52.7 Å². The summed E-state index contributed by atoms with van der Waals surface area (Å²) in [4.78, 5) is 32.3. The molecule has 0 amide bonds. The number of benzene rings is 2. The van der Waals surface area contributed by atoms with Crippen molar-refractivity contribution in [2.75, 3.05) is 0 Å². The van der Waals surface area contributed by atoms with Crippen LogP contribution < -0.4 is 10.6 Å². The van der Waals surface area contributed by atoms with Gasteiger partial charge in [-0.3, -0.25) is 0 Å². The Morgan fingerprint density at radius 3 is 1.00 bits per heavy atom. The fraction of sp³-hybridized carbons (Fsp3) is 0.400. The molecule has 0 aliphatic carbocycles. The van der Waals surface area contributed by atoms with Crippen LogP contribution in [0.2, 0.25) is 0 Å². The van der Waals surface area contributed by atoms with Gasteiger partial charge >= 0.3 is 174 Å². The van der Waals surface area contributed by atoms with Crippen LogP contribution in [0.25, 0.3) is 0 Å². The summed E-state index contributed by atoms with van der Waals surface area (Å²) < 4.78 is 0. The Morgan fingerprint density at radius 2 is 0.800 bits per heavy atom. The van der Waals surface area contributed by atoms with Gasteiger partial charge in [-0.1, -0.05) is 0 Å². The molecule has 3 nitrogen and oxygen atoms in total. The molecular formula is C20H30NaO3P. The van der Waals surface area contributed by atoms with Gasteiger partial charge in [0, 0.05) is 0 Å². The van der Waals surface area contributed by atoms with E-state index in [2.05, 4.69) is 41.5 Å². The van der Waals surface area contributed by atoms with Crippen molar-refractivity contribution in [3.05, 3.63) is 59.7 Å². The Morgan fingerprint density at radius 1 is 0.560 bits per heavy atom. The van der Waals surface area contributed by atoms with Gasteiger partial charge in [-0.25, -0.2) is 0 Å². The van der Waals surface area contributed by atoms with E-state index in [4.69, 9.17) is 0 Å². The van der Waals surface area contributed by atoms with E-state index < -0.39 is 7.28 Å². The standard InChI is InChI=1S/C20H29O3P.Na.H/c1-19(2,3)15-7-11-17(12-8-15)24(21,22,23)18-13-9-16(10-14-18)20(4,5)6;;/h7-14,21-23H,1-6H3;;. The van der Waals surface area contributed by atoms with Crippen LogP contribution in [-0.2, 0) is 10.8 Å². The molecule has 0 aromatic heterocycles. The fourth-order valence-electron chi connectivity index (χ4n) is 2.62. The molecule has 5 heteroatoms. The summed E-state index contributed by atoms with van der Waals surface area (Å²) >= 11 is 0. The molecule has 0 aliphatic heterocycles. The SMILES string of the molecule is CC(C)(C)c1ccc(P(O)(O)(O)c2ccc(C(C)(C)C)cc2)cc1.[NaH]. The summed E-state index contributed by atoms with van der Waals surface area (Å²) in [6.07, 6.45) is 0. The quantitative estimate of drug-likeness (QED) is 0.561. The van der Waals surface area contributed by atoms with Crippen LogP contribution in [-0.4, -0.2) is 44.2 Å². The zero-order valence-electron chi connectivity index (χ0n) is 15.4. The third-order valence-corrected chi connectivity index (χ3v) is 6.92. The van der Waals surface area contributed by atoms with Gasteiger partial charge in [-0.2, -0.15) is 0 Å². The Hall–Kier alpha value is -0.250. The zero-order valence-corrected chi connectivity index (χ0v) is 16.3. The Balaban J connectivity index is 0.00000312. The van der Waals surface area contributed by atoms with Crippen molar-refractivity contribution in [1.82, 2.24) is 0 Å². The molecule has 25 heavy (non-hydrogen) atoms. The summed E-state index contributed by atoms with van der Waals surface area (Å²) in [7, 11) is -5.11. The van der Waals surface area contributed by atoms with Gasteiger partial charge in [0.15, 0.2) is 0 Å². The average Bonchev–Trinajstić information content (AvgIpc) is 2.45. The van der Waals surface area contributed by atoms with E-state index in [1.807, 2.05) is 24.3 Å². The van der Waals surface area contributed by atoms with Gasteiger partial charge in [0.25, 0.3) is 0 Å². The summed E-state index contributed by atoms with van der Waals surface area (Å²) in [5.74, 6) is 0. The van der Waals surface area contributed by atoms with Crippen LogP contribution in [0.15, 0.2) is 48.5 Å². The second-order valence-corrected chi connectivity index (χ2v) is 11.6. The first-order valence-electron chi connectivity index (χ1n) is 8.19. The van der Waals surface area contributed by atoms with Crippen molar-refractivity contribution < 1.29 is 14.7 Å². The van der Waals surface area contributed by atoms with E-state index in [1.165, 1.54) is 0 Å². The van der Waals surface area contributed by atoms with Crippen molar-refractivity contribution in [2.45, 2.75) is 52.4 Å². The monoisotopic (exact) mass is 372 g/mol. The maximum absolute atomic E-state index is 10.8. The molecule has 2 aromatic carbocycles. The number of rotatable bonds is 2. The van der Waals surface area contributed by atoms with Crippen molar-refractivity contribution in [3.63, 3.8) is 0 Å². The van der Waals surface area contributed by atoms with E-state index in [1.54, 1.807) is 24.3 Å². The van der Waals surface area contributed by atoms with Gasteiger partial charge in [-0.05, 0) is 0 Å². The molecule has 0 heterocycles. The number of hydrogen-bond donors (Lipinski definition) is 3. The summed E-state index contributed by atoms with van der Waals surface area (Å²) in [5, 5.41) is 0.301. The second kappa shape index (κ2) is 7.05. The summed E-state index contributed by atoms with van der Waals surface area (Å²) in [5.41, 5.74) is 2.07. The molecule has 0 unspecified atom stereocenters. The molecule has 0 aliphatic rings. The minimum atomic E-state index is -5.11. The fourth-order valence-corrected chi connectivity index (χ4v) is 4.32. The third kappa shape index (κ3) is 4.93. The molecular weight excluding hydrogens is 342 g/mol. The van der Waals surface area contributed by atoms with Crippen molar-refractivity contribution >= 4 is 47.5 Å². The first kappa shape index (κ1) is 22.8. The van der Waals surface area contributed by atoms with Crippen molar-refractivity contribution in [3.8, 4) is 0 Å². The first-order chi connectivity index (χ1) is 10.7. The Bertz CT molecular complexity index is 654. The van der Waals surface area contributed by atoms with E-state index >= 15 is 0 Å². The predicted octanol–water partition coefficient (Wildman–Crippen LogP) is 2.86. The van der Waals surface area contributed by atoms with Crippen LogP contribution in [0, 0.1) is 0 Å². The Labute approximate surface area is 173 Å². The first-order valence-corrected chi connectivity index (χ1v) is 10.3. The zero-order chi connectivity index (χ0) is 18.4. The molecule has 0 saturated carbocycles. The summed E-state index contributed by atoms with van der Waals surface area (Å²) in [6.45, 7) is 12.5. The molecule has 0 bridgehead atoms. The second-order valence-electron chi connectivity index (χ2n) is 8.57. The van der Waals surface area contributed by atoms with Crippen LogP contribution in [0.5, 0.6) is 0 Å². The average molecular weight is 372 g/mol. The predicted molar refractivity (Wildman–Crippen MR) is 110 cm³/mol. The third-order valence-electron chi connectivity index (χ3n) is 4.42. The molecule has 0 spiro atoms. The van der Waals surface area contributed by atoms with E-state index in [-0.39, 0.29) is 51.0 Å². The molecule has 3 N–H and O–H groups in total. The van der Waals surface area contributed by atoms with E-state index in [9.17, 15) is 14.7 Å². The van der Waals surface area contributed by atoms with Crippen molar-refractivity contribution in [2.24, 2.45) is 0 Å². The molecule has 0 saturated heterocycles. The normalized spacial score (nSPS) is 14.4. The van der Waals surface area contributed by atoms with Gasteiger partial charge in [0.2, 0.25) is 0 Å². The maximum atomic E-state index is 10.8. The van der Waals surface area contributed by atoms with Gasteiger partial charge in [0.05, 0.1) is 0 Å². The number of hydrogen-bond acceptors (Lipinski definition) is 3. The van der Waals surface area contributed by atoms with Crippen molar-refractivity contribution in [1.29, 1.82) is 0 Å². The topological polar surface area (TPSA) is 60.7 Å². The van der Waals surface area contributed by atoms with Crippen LogP contribution in [0.3, 0.4) is 0 Å². The molecule has 2 aromatic rings. The Kier molecular flexibility index (Phi) is 6.43. The summed E-state index contributed by atoms with van der Waals surface area (Å²) in [6, 6.07) is 13.8. The van der Waals surface area contributed by atoms with Gasteiger partial charge in [-0.15, -0.1) is 0 Å². The molecule has 0 fully saturated rings. The van der Waals surface area contributed by atoms with E-state index in [0.29, 0.717) is 0 Å². The van der Waals surface area contributed by atoms with Crippen LogP contribution in [0.4, 0.5) is 0 Å². The minimum absolute atomic E-state index is 0. The van der Waals surface area contributed by atoms with Crippen LogP contribution >= 0.6 is 7.28 Å². The molecule has 0 radical (unpaired) electrons.